The predicted octanol–water partition coefficient (Wildman–Crippen LogP) is -1.10. The first-order chi connectivity index (χ1) is 12.6. The third-order valence-corrected chi connectivity index (χ3v) is 3.02. The van der Waals surface area contributed by atoms with Crippen LogP contribution in [0.3, 0.4) is 0 Å². The highest BCUT2D eigenvalue weighted by Gasteiger charge is 2.02. The molecule has 0 aliphatic heterocycles. The molecule has 0 radical (unpaired) electrons. The van der Waals surface area contributed by atoms with E-state index in [9.17, 15) is 8.42 Å². The Bertz CT molecular complexity index is 377. The molecule has 0 saturated carbocycles. The topological polar surface area (TPSA) is 139 Å². The monoisotopic (exact) mass is 406 g/mol. The zero-order chi connectivity index (χ0) is 19.3. The van der Waals surface area contributed by atoms with E-state index in [1.54, 1.807) is 0 Å². The molecule has 26 heavy (non-hydrogen) atoms. The number of ether oxygens (including phenoxy) is 6. The van der Waals surface area contributed by atoms with Crippen molar-refractivity contribution in [1.29, 1.82) is 0 Å². The van der Waals surface area contributed by atoms with Crippen LogP contribution in [-0.2, 0) is 43.0 Å². The molecule has 0 aromatic heterocycles. The normalized spacial score (nSPS) is 11.9. The van der Waals surface area contributed by atoms with Crippen LogP contribution in [0.25, 0.3) is 0 Å². The van der Waals surface area contributed by atoms with Crippen molar-refractivity contribution in [3.63, 3.8) is 0 Å². The molecule has 0 atom stereocenters. The molecule has 0 amide bonds. The van der Waals surface area contributed by atoms with Crippen LogP contribution < -0.4 is 0 Å². The van der Waals surface area contributed by atoms with Crippen molar-refractivity contribution in [3.05, 3.63) is 0 Å². The van der Waals surface area contributed by atoms with Gasteiger partial charge in [0.2, 0.25) is 0 Å². The van der Waals surface area contributed by atoms with E-state index >= 15 is 0 Å². The smallest absolute Gasteiger partial charge is 0.394 e. The third-order valence-electron chi connectivity index (χ3n) is 2.56. The maximum atomic E-state index is 10.2. The van der Waals surface area contributed by atoms with Gasteiger partial charge in [0.15, 0.2) is 0 Å². The lowest BCUT2D eigenvalue weighted by molar-refractivity contribution is -0.0191. The van der Waals surface area contributed by atoms with Gasteiger partial charge in [0.1, 0.15) is 0 Å². The molecule has 0 heterocycles. The summed E-state index contributed by atoms with van der Waals surface area (Å²) < 4.78 is 64.0. The third kappa shape index (κ3) is 23.6. The minimum atomic E-state index is -4.41. The van der Waals surface area contributed by atoms with Gasteiger partial charge in [-0.15, -0.1) is 0 Å². The van der Waals surface area contributed by atoms with Crippen LogP contribution >= 0.6 is 0 Å². The van der Waals surface area contributed by atoms with E-state index in [1.807, 2.05) is 0 Å². The molecule has 0 rings (SSSR count). The second-order valence-electron chi connectivity index (χ2n) is 4.65. The van der Waals surface area contributed by atoms with Crippen LogP contribution in [0, 0.1) is 0 Å². The van der Waals surface area contributed by atoms with E-state index in [1.165, 1.54) is 0 Å². The van der Waals surface area contributed by atoms with E-state index < -0.39 is 10.4 Å². The molecular weight excluding hydrogens is 376 g/mol. The predicted molar refractivity (Wildman–Crippen MR) is 89.5 cm³/mol. The van der Waals surface area contributed by atoms with E-state index in [-0.39, 0.29) is 26.4 Å². The fraction of sp³-hybridized carbons (Fsp3) is 1.00. The van der Waals surface area contributed by atoms with E-state index in [4.69, 9.17) is 38.1 Å². The first-order valence-electron chi connectivity index (χ1n) is 8.25. The SMILES string of the molecule is O=S(=O)(O)OCCOCCOCCOCCOCCOCCOCCO. The molecule has 0 aliphatic carbocycles. The van der Waals surface area contributed by atoms with Gasteiger partial charge in [0.05, 0.1) is 92.5 Å². The Kier molecular flexibility index (Phi) is 19.0. The zero-order valence-corrected chi connectivity index (χ0v) is 15.7. The molecule has 0 bridgehead atoms. The molecule has 11 nitrogen and oxygen atoms in total. The molecule has 0 unspecified atom stereocenters. The lowest BCUT2D eigenvalue weighted by Crippen LogP contribution is -2.15. The maximum Gasteiger partial charge on any atom is 0.397 e. The second kappa shape index (κ2) is 19.4. The van der Waals surface area contributed by atoms with Crippen molar-refractivity contribution in [2.75, 3.05) is 92.5 Å². The molecule has 0 saturated heterocycles. The van der Waals surface area contributed by atoms with Gasteiger partial charge < -0.3 is 33.5 Å². The van der Waals surface area contributed by atoms with Crippen LogP contribution in [0.5, 0.6) is 0 Å². The van der Waals surface area contributed by atoms with Crippen molar-refractivity contribution in [2.45, 2.75) is 0 Å². The Balaban J connectivity index is 3.03. The van der Waals surface area contributed by atoms with Crippen LogP contribution in [-0.4, -0.2) is 111 Å². The minimum absolute atomic E-state index is 0.0109. The molecule has 0 aromatic carbocycles. The van der Waals surface area contributed by atoms with E-state index in [0.717, 1.165) is 0 Å². The lowest BCUT2D eigenvalue weighted by atomic mass is 10.7. The molecule has 0 spiro atoms. The highest BCUT2D eigenvalue weighted by molar-refractivity contribution is 7.80. The summed E-state index contributed by atoms with van der Waals surface area (Å²) >= 11 is 0. The van der Waals surface area contributed by atoms with Gasteiger partial charge in [-0.2, -0.15) is 8.42 Å². The van der Waals surface area contributed by atoms with Crippen molar-refractivity contribution in [3.8, 4) is 0 Å². The average molecular weight is 406 g/mol. The molecule has 158 valence electrons. The van der Waals surface area contributed by atoms with E-state index in [0.29, 0.717) is 66.1 Å². The highest BCUT2D eigenvalue weighted by atomic mass is 32.3. The van der Waals surface area contributed by atoms with Crippen LogP contribution in [0.15, 0.2) is 0 Å². The van der Waals surface area contributed by atoms with Gasteiger partial charge in [-0.25, -0.2) is 4.18 Å². The molecule has 2 N–H and O–H groups in total. The quantitative estimate of drug-likeness (QED) is 0.177. The van der Waals surface area contributed by atoms with Gasteiger partial charge in [-0.05, 0) is 0 Å². The van der Waals surface area contributed by atoms with Gasteiger partial charge in [-0.3, -0.25) is 4.55 Å². The first-order valence-corrected chi connectivity index (χ1v) is 9.62. The van der Waals surface area contributed by atoms with Crippen molar-refractivity contribution >= 4 is 10.4 Å². The van der Waals surface area contributed by atoms with Gasteiger partial charge >= 0.3 is 10.4 Å². The summed E-state index contributed by atoms with van der Waals surface area (Å²) in [7, 11) is -4.41. The summed E-state index contributed by atoms with van der Waals surface area (Å²) in [5, 5.41) is 8.49. The Labute approximate surface area is 154 Å². The fourth-order valence-corrected chi connectivity index (χ4v) is 1.74. The zero-order valence-electron chi connectivity index (χ0n) is 14.9. The second-order valence-corrected chi connectivity index (χ2v) is 5.74. The Hall–Kier alpha value is -0.410. The molecule has 0 aliphatic rings. The summed E-state index contributed by atoms with van der Waals surface area (Å²) in [5.41, 5.74) is 0. The average Bonchev–Trinajstić information content (AvgIpc) is 2.59. The Morgan fingerprint density at radius 2 is 0.769 bits per heavy atom. The summed E-state index contributed by atoms with van der Waals surface area (Å²) in [5.74, 6) is 0. The Morgan fingerprint density at radius 1 is 0.500 bits per heavy atom. The number of aliphatic hydroxyl groups is 1. The minimum Gasteiger partial charge on any atom is -0.394 e. The number of hydrogen-bond donors (Lipinski definition) is 2. The van der Waals surface area contributed by atoms with Gasteiger partial charge in [-0.1, -0.05) is 0 Å². The summed E-state index contributed by atoms with van der Waals surface area (Å²) in [6.07, 6.45) is 0. The fourth-order valence-electron chi connectivity index (χ4n) is 1.46. The van der Waals surface area contributed by atoms with E-state index in [2.05, 4.69) is 4.18 Å². The molecule has 0 fully saturated rings. The molecular formula is C14H30O11S. The molecule has 12 heteroatoms. The summed E-state index contributed by atoms with van der Waals surface area (Å²) in [6, 6.07) is 0. The highest BCUT2D eigenvalue weighted by Crippen LogP contribution is 1.87. The largest absolute Gasteiger partial charge is 0.397 e. The summed E-state index contributed by atoms with van der Waals surface area (Å²) in [6.45, 7) is 4.34. The first kappa shape index (κ1) is 25.6. The number of rotatable bonds is 21. The van der Waals surface area contributed by atoms with Crippen molar-refractivity contribution in [2.24, 2.45) is 0 Å². The van der Waals surface area contributed by atoms with Crippen LogP contribution in [0.2, 0.25) is 0 Å². The lowest BCUT2D eigenvalue weighted by Gasteiger charge is -2.08. The van der Waals surface area contributed by atoms with Gasteiger partial charge in [0, 0.05) is 0 Å². The van der Waals surface area contributed by atoms with Crippen LogP contribution in [0.1, 0.15) is 0 Å². The van der Waals surface area contributed by atoms with Gasteiger partial charge in [0.25, 0.3) is 0 Å². The van der Waals surface area contributed by atoms with Crippen molar-refractivity contribution < 1.29 is 50.7 Å². The molecule has 0 aromatic rings. The Morgan fingerprint density at radius 3 is 1.04 bits per heavy atom. The van der Waals surface area contributed by atoms with Crippen LogP contribution in [0.4, 0.5) is 0 Å². The number of hydrogen-bond acceptors (Lipinski definition) is 10. The maximum absolute atomic E-state index is 10.2. The summed E-state index contributed by atoms with van der Waals surface area (Å²) in [4.78, 5) is 0. The van der Waals surface area contributed by atoms with Crippen molar-refractivity contribution in [1.82, 2.24) is 0 Å². The standard InChI is InChI=1S/C14H30O11S/c15-1-2-19-3-4-20-5-6-21-7-8-22-9-10-23-11-12-24-13-14-25-26(16,17)18/h15H,1-14H2,(H,16,17,18). The number of aliphatic hydroxyl groups excluding tert-OH is 1.